The molecule has 0 atom stereocenters. The lowest BCUT2D eigenvalue weighted by Gasteiger charge is -1.97. The number of pyridine rings is 1. The number of nitrogens with zero attached hydrogens (tertiary/aromatic N) is 2. The highest BCUT2D eigenvalue weighted by Gasteiger charge is 2.20. The number of rotatable bonds is 3. The quantitative estimate of drug-likeness (QED) is 0.785. The molecule has 1 saturated carbocycles. The molecule has 1 fully saturated rings. The zero-order chi connectivity index (χ0) is 10.3. The van der Waals surface area contributed by atoms with E-state index < -0.39 is 0 Å². The first-order chi connectivity index (χ1) is 7.33. The number of fused-ring (bicyclic) bond motifs is 1. The number of nitrogens with one attached hydrogen (secondary N) is 1. The molecule has 1 aliphatic carbocycles. The highest BCUT2D eigenvalue weighted by Crippen LogP contribution is 2.19. The van der Waals surface area contributed by atoms with Crippen LogP contribution < -0.4 is 11.1 Å². The molecule has 0 bridgehead atoms. The Kier molecular flexibility index (Phi) is 1.89. The van der Waals surface area contributed by atoms with Crippen LogP contribution >= 0.6 is 0 Å². The smallest absolute Gasteiger partial charge is 0.138 e. The van der Waals surface area contributed by atoms with E-state index in [2.05, 4.69) is 10.3 Å². The van der Waals surface area contributed by atoms with Gasteiger partial charge in [0.15, 0.2) is 0 Å². The van der Waals surface area contributed by atoms with Gasteiger partial charge in [-0.05, 0) is 25.0 Å². The van der Waals surface area contributed by atoms with Crippen molar-refractivity contribution in [1.29, 1.82) is 0 Å². The van der Waals surface area contributed by atoms with Gasteiger partial charge >= 0.3 is 0 Å². The predicted molar refractivity (Wildman–Crippen MR) is 59.5 cm³/mol. The molecule has 0 aliphatic heterocycles. The van der Waals surface area contributed by atoms with Crippen molar-refractivity contribution in [3.63, 3.8) is 0 Å². The normalized spacial score (nSPS) is 16.0. The summed E-state index contributed by atoms with van der Waals surface area (Å²) >= 11 is 0. The molecule has 4 heteroatoms. The SMILES string of the molecule is Nc1cccc2nc(CNC3CC3)cn12. The van der Waals surface area contributed by atoms with E-state index in [4.69, 9.17) is 5.73 Å². The molecule has 78 valence electrons. The van der Waals surface area contributed by atoms with E-state index in [1.807, 2.05) is 28.8 Å². The van der Waals surface area contributed by atoms with Crippen molar-refractivity contribution in [2.45, 2.75) is 25.4 Å². The van der Waals surface area contributed by atoms with Crippen molar-refractivity contribution in [3.8, 4) is 0 Å². The molecule has 3 rings (SSSR count). The predicted octanol–water partition coefficient (Wildman–Crippen LogP) is 1.17. The summed E-state index contributed by atoms with van der Waals surface area (Å²) in [6.07, 6.45) is 4.60. The molecular weight excluding hydrogens is 188 g/mol. The van der Waals surface area contributed by atoms with E-state index in [0.29, 0.717) is 6.04 Å². The van der Waals surface area contributed by atoms with Crippen LogP contribution in [-0.2, 0) is 6.54 Å². The molecule has 0 radical (unpaired) electrons. The van der Waals surface area contributed by atoms with Crippen molar-refractivity contribution >= 4 is 11.5 Å². The fourth-order valence-electron chi connectivity index (χ4n) is 1.70. The summed E-state index contributed by atoms with van der Waals surface area (Å²) in [5.41, 5.74) is 7.81. The van der Waals surface area contributed by atoms with Crippen LogP contribution in [0.4, 0.5) is 5.82 Å². The second-order valence-corrected chi connectivity index (χ2v) is 4.07. The maximum Gasteiger partial charge on any atom is 0.138 e. The van der Waals surface area contributed by atoms with Gasteiger partial charge in [-0.2, -0.15) is 0 Å². The van der Waals surface area contributed by atoms with Gasteiger partial charge in [0.05, 0.1) is 5.69 Å². The van der Waals surface area contributed by atoms with Crippen LogP contribution in [0.3, 0.4) is 0 Å². The van der Waals surface area contributed by atoms with Gasteiger partial charge in [0.1, 0.15) is 11.5 Å². The van der Waals surface area contributed by atoms with Gasteiger partial charge in [-0.1, -0.05) is 6.07 Å². The van der Waals surface area contributed by atoms with Gasteiger partial charge < -0.3 is 11.1 Å². The Hall–Kier alpha value is -1.55. The molecule has 2 aromatic heterocycles. The maximum atomic E-state index is 5.84. The number of imidazole rings is 1. The lowest BCUT2D eigenvalue weighted by atomic mass is 10.4. The third-order valence-corrected chi connectivity index (χ3v) is 2.72. The molecule has 2 heterocycles. The lowest BCUT2D eigenvalue weighted by Crippen LogP contribution is -2.15. The van der Waals surface area contributed by atoms with Crippen LogP contribution in [0.2, 0.25) is 0 Å². The monoisotopic (exact) mass is 202 g/mol. The average molecular weight is 202 g/mol. The largest absolute Gasteiger partial charge is 0.385 e. The molecule has 3 N–H and O–H groups in total. The van der Waals surface area contributed by atoms with Crippen LogP contribution in [0.15, 0.2) is 24.4 Å². The molecule has 1 aliphatic rings. The van der Waals surface area contributed by atoms with Crippen molar-refractivity contribution in [1.82, 2.24) is 14.7 Å². The van der Waals surface area contributed by atoms with E-state index in [0.717, 1.165) is 23.7 Å². The van der Waals surface area contributed by atoms with E-state index >= 15 is 0 Å². The Morgan fingerprint density at radius 1 is 1.47 bits per heavy atom. The van der Waals surface area contributed by atoms with Gasteiger partial charge in [0.25, 0.3) is 0 Å². The standard InChI is InChI=1S/C11H14N4/c12-10-2-1-3-11-14-9(7-15(10)11)6-13-8-4-5-8/h1-3,7-8,13H,4-6,12H2. The highest BCUT2D eigenvalue weighted by atomic mass is 15.1. The fourth-order valence-corrected chi connectivity index (χ4v) is 1.70. The summed E-state index contributed by atoms with van der Waals surface area (Å²) < 4.78 is 1.92. The van der Waals surface area contributed by atoms with Crippen molar-refractivity contribution in [3.05, 3.63) is 30.1 Å². The van der Waals surface area contributed by atoms with Crippen molar-refractivity contribution < 1.29 is 0 Å². The number of hydrogen-bond donors (Lipinski definition) is 2. The molecular formula is C11H14N4. The van der Waals surface area contributed by atoms with Crippen molar-refractivity contribution in [2.75, 3.05) is 5.73 Å². The number of hydrogen-bond acceptors (Lipinski definition) is 3. The highest BCUT2D eigenvalue weighted by molar-refractivity contribution is 5.48. The van der Waals surface area contributed by atoms with Gasteiger partial charge in [-0.25, -0.2) is 4.98 Å². The second kappa shape index (κ2) is 3.24. The zero-order valence-corrected chi connectivity index (χ0v) is 8.48. The summed E-state index contributed by atoms with van der Waals surface area (Å²) in [6, 6.07) is 6.49. The molecule has 0 aromatic carbocycles. The third-order valence-electron chi connectivity index (χ3n) is 2.72. The Bertz CT molecular complexity index is 484. The van der Waals surface area contributed by atoms with E-state index in [9.17, 15) is 0 Å². The minimum atomic E-state index is 0.715. The van der Waals surface area contributed by atoms with Gasteiger partial charge in [-0.3, -0.25) is 4.40 Å². The van der Waals surface area contributed by atoms with E-state index in [-0.39, 0.29) is 0 Å². The number of nitrogen functional groups attached to an aromatic ring is 1. The number of anilines is 1. The van der Waals surface area contributed by atoms with Crippen molar-refractivity contribution in [2.24, 2.45) is 0 Å². The van der Waals surface area contributed by atoms with Gasteiger partial charge in [0.2, 0.25) is 0 Å². The molecule has 0 unspecified atom stereocenters. The molecule has 15 heavy (non-hydrogen) atoms. The van der Waals surface area contributed by atoms with E-state index in [1.54, 1.807) is 0 Å². The fraction of sp³-hybridized carbons (Fsp3) is 0.364. The summed E-state index contributed by atoms with van der Waals surface area (Å²) in [5.74, 6) is 0.734. The summed E-state index contributed by atoms with van der Waals surface area (Å²) in [6.45, 7) is 0.839. The molecule has 4 nitrogen and oxygen atoms in total. The minimum absolute atomic E-state index is 0.715. The second-order valence-electron chi connectivity index (χ2n) is 4.07. The minimum Gasteiger partial charge on any atom is -0.385 e. The topological polar surface area (TPSA) is 55.3 Å². The molecule has 0 spiro atoms. The number of aromatic nitrogens is 2. The summed E-state index contributed by atoms with van der Waals surface area (Å²) in [4.78, 5) is 4.49. The average Bonchev–Trinajstić information content (AvgIpc) is 2.95. The van der Waals surface area contributed by atoms with Gasteiger partial charge in [0, 0.05) is 18.8 Å². The van der Waals surface area contributed by atoms with Crippen LogP contribution in [0, 0.1) is 0 Å². The van der Waals surface area contributed by atoms with Crippen LogP contribution in [0.25, 0.3) is 5.65 Å². The molecule has 0 amide bonds. The molecule has 2 aromatic rings. The molecule has 0 saturated heterocycles. The summed E-state index contributed by atoms with van der Waals surface area (Å²) in [5, 5.41) is 3.44. The Balaban J connectivity index is 1.88. The zero-order valence-electron chi connectivity index (χ0n) is 8.48. The van der Waals surface area contributed by atoms with Crippen LogP contribution in [-0.4, -0.2) is 15.4 Å². The lowest BCUT2D eigenvalue weighted by molar-refractivity contribution is 0.677. The first-order valence-electron chi connectivity index (χ1n) is 5.29. The van der Waals surface area contributed by atoms with Gasteiger partial charge in [-0.15, -0.1) is 0 Å². The first-order valence-corrected chi connectivity index (χ1v) is 5.29. The first kappa shape index (κ1) is 8.73. The number of nitrogens with two attached hydrogens (primary N) is 1. The summed E-state index contributed by atoms with van der Waals surface area (Å²) in [7, 11) is 0. The Morgan fingerprint density at radius 2 is 2.33 bits per heavy atom. The van der Waals surface area contributed by atoms with Crippen LogP contribution in [0.5, 0.6) is 0 Å². The third kappa shape index (κ3) is 1.68. The van der Waals surface area contributed by atoms with E-state index in [1.165, 1.54) is 12.8 Å². The van der Waals surface area contributed by atoms with Crippen LogP contribution in [0.1, 0.15) is 18.5 Å². The maximum absolute atomic E-state index is 5.84. The Morgan fingerprint density at radius 3 is 3.07 bits per heavy atom. The Labute approximate surface area is 88.1 Å².